The number of hydrogen-bond acceptors (Lipinski definition) is 4. The number of rotatable bonds is 5. The number of aromatic amines is 1. The molecule has 0 spiro atoms. The molecule has 0 saturated carbocycles. The number of carbonyl (C=O) groups excluding carboxylic acids is 1. The first kappa shape index (κ1) is 27.5. The van der Waals surface area contributed by atoms with Crippen molar-refractivity contribution in [3.05, 3.63) is 108 Å². The lowest BCUT2D eigenvalue weighted by atomic mass is 9.83. The fourth-order valence-electron chi connectivity index (χ4n) is 5.60. The highest BCUT2D eigenvalue weighted by Gasteiger charge is 2.38. The highest BCUT2D eigenvalue weighted by Crippen LogP contribution is 2.39. The zero-order valence-corrected chi connectivity index (χ0v) is 22.5. The number of phenols is 1. The number of phenolic OH excluding ortho intramolecular Hbond substituents is 1. The number of nitrogens with zero attached hydrogens (tertiary/aromatic N) is 2. The number of carbonyl (C=O) groups is 1. The summed E-state index contributed by atoms with van der Waals surface area (Å²) in [6.07, 6.45) is -0.566. The molecular weight excluding hydrogens is 543 g/mol. The molecule has 1 saturated heterocycles. The Hall–Kier alpha value is -4.63. The van der Waals surface area contributed by atoms with E-state index in [2.05, 4.69) is 9.97 Å². The Labute approximate surface area is 240 Å². The van der Waals surface area contributed by atoms with E-state index in [-0.39, 0.29) is 49.6 Å². The lowest BCUT2D eigenvalue weighted by Crippen LogP contribution is -2.45. The number of pyridine rings is 1. The van der Waals surface area contributed by atoms with Crippen LogP contribution in [0.25, 0.3) is 33.3 Å². The average molecular weight is 572 g/mol. The van der Waals surface area contributed by atoms with Crippen LogP contribution >= 0.6 is 0 Å². The van der Waals surface area contributed by atoms with Gasteiger partial charge in [0, 0.05) is 47.5 Å². The Morgan fingerprint density at radius 3 is 2.38 bits per heavy atom. The molecule has 1 aliphatic rings. The third kappa shape index (κ3) is 5.35. The van der Waals surface area contributed by atoms with Crippen LogP contribution in [0.2, 0.25) is 0 Å². The summed E-state index contributed by atoms with van der Waals surface area (Å²) in [7, 11) is 0. The van der Waals surface area contributed by atoms with E-state index in [9.17, 15) is 28.2 Å². The second kappa shape index (κ2) is 10.6. The molecule has 214 valence electrons. The van der Waals surface area contributed by atoms with Crippen molar-refractivity contribution in [2.24, 2.45) is 0 Å². The number of nitrogens with one attached hydrogen (secondary N) is 1. The third-order valence-electron chi connectivity index (χ3n) is 8.04. The minimum absolute atomic E-state index is 0.119. The van der Waals surface area contributed by atoms with Crippen molar-refractivity contribution >= 4 is 16.8 Å². The minimum atomic E-state index is -4.49. The van der Waals surface area contributed by atoms with Gasteiger partial charge in [-0.05, 0) is 59.9 Å². The highest BCUT2D eigenvalue weighted by atomic mass is 19.4. The van der Waals surface area contributed by atoms with Crippen LogP contribution in [0.5, 0.6) is 5.75 Å². The molecular formula is C33H28F3N3O3. The largest absolute Gasteiger partial charge is 0.507 e. The molecule has 3 N–H and O–H groups in total. The van der Waals surface area contributed by atoms with Crippen LogP contribution in [0, 0.1) is 0 Å². The third-order valence-corrected chi connectivity index (χ3v) is 8.04. The molecule has 0 bridgehead atoms. The maximum atomic E-state index is 13.2. The summed E-state index contributed by atoms with van der Waals surface area (Å²) >= 11 is 0. The summed E-state index contributed by atoms with van der Waals surface area (Å²) in [4.78, 5) is 22.1. The Morgan fingerprint density at radius 1 is 0.952 bits per heavy atom. The number of aromatic nitrogens is 2. The van der Waals surface area contributed by atoms with Gasteiger partial charge in [-0.15, -0.1) is 0 Å². The predicted molar refractivity (Wildman–Crippen MR) is 153 cm³/mol. The molecule has 3 heterocycles. The number of benzene rings is 3. The molecule has 1 aliphatic heterocycles. The van der Waals surface area contributed by atoms with Gasteiger partial charge in [0.1, 0.15) is 5.75 Å². The lowest BCUT2D eigenvalue weighted by molar-refractivity contribution is -0.137. The van der Waals surface area contributed by atoms with Gasteiger partial charge >= 0.3 is 6.18 Å². The van der Waals surface area contributed by atoms with Gasteiger partial charge in [-0.2, -0.15) is 13.2 Å². The zero-order chi connectivity index (χ0) is 29.5. The number of halogens is 3. The van der Waals surface area contributed by atoms with E-state index >= 15 is 0 Å². The van der Waals surface area contributed by atoms with E-state index in [1.807, 2.05) is 54.6 Å². The second-order valence-corrected chi connectivity index (χ2v) is 10.7. The molecule has 6 nitrogen and oxygen atoms in total. The summed E-state index contributed by atoms with van der Waals surface area (Å²) in [5, 5.41) is 23.1. The van der Waals surface area contributed by atoms with Gasteiger partial charge in [0.15, 0.2) is 0 Å². The van der Waals surface area contributed by atoms with E-state index in [0.29, 0.717) is 11.1 Å². The number of para-hydroxylation sites is 1. The van der Waals surface area contributed by atoms with Gasteiger partial charge in [0.2, 0.25) is 5.91 Å². The van der Waals surface area contributed by atoms with Gasteiger partial charge in [-0.25, -0.2) is 0 Å². The van der Waals surface area contributed by atoms with E-state index in [1.54, 1.807) is 17.3 Å². The monoisotopic (exact) mass is 571 g/mol. The van der Waals surface area contributed by atoms with Crippen molar-refractivity contribution in [3.8, 4) is 28.1 Å². The minimum Gasteiger partial charge on any atom is -0.507 e. The van der Waals surface area contributed by atoms with E-state index < -0.39 is 17.3 Å². The molecule has 1 fully saturated rings. The topological polar surface area (TPSA) is 89.5 Å². The SMILES string of the molecule is O=C(Cc1ccc(-c2cccc(-c3cc4cnccc4[nH]3)c2O)cc1)N1CCC(O)(c2cccc(C(F)(F)F)c2)CC1. The number of likely N-dealkylation sites (tertiary alicyclic amines) is 1. The number of fused-ring (bicyclic) bond motifs is 1. The first-order valence-electron chi connectivity index (χ1n) is 13.6. The standard InChI is InChI=1S/C33H28F3N3O3/c34-33(35,36)25-4-1-3-24(19-25)32(42)12-15-39(16-13-32)30(40)17-21-7-9-22(10-8-21)26-5-2-6-27(31(26)41)29-18-23-20-37-14-11-28(23)38-29/h1-11,14,18-20,38,41-42H,12-13,15-17H2. The zero-order valence-electron chi connectivity index (χ0n) is 22.5. The number of H-pyrrole nitrogens is 1. The molecule has 0 unspecified atom stereocenters. The smallest absolute Gasteiger partial charge is 0.416 e. The maximum absolute atomic E-state index is 13.2. The number of amides is 1. The van der Waals surface area contributed by atoms with Crippen molar-refractivity contribution in [3.63, 3.8) is 0 Å². The summed E-state index contributed by atoms with van der Waals surface area (Å²) in [6, 6.07) is 21.6. The number of hydrogen-bond donors (Lipinski definition) is 3. The molecule has 0 radical (unpaired) electrons. The quantitative estimate of drug-likeness (QED) is 0.220. The molecule has 5 aromatic rings. The molecule has 0 atom stereocenters. The molecule has 6 rings (SSSR count). The van der Waals surface area contributed by atoms with Crippen molar-refractivity contribution in [1.29, 1.82) is 0 Å². The maximum Gasteiger partial charge on any atom is 0.416 e. The van der Waals surface area contributed by atoms with Crippen LogP contribution in [0.1, 0.15) is 29.5 Å². The van der Waals surface area contributed by atoms with Crippen LogP contribution in [-0.4, -0.2) is 44.1 Å². The van der Waals surface area contributed by atoms with Gasteiger partial charge < -0.3 is 20.1 Å². The van der Waals surface area contributed by atoms with Crippen LogP contribution in [0.15, 0.2) is 91.3 Å². The van der Waals surface area contributed by atoms with Crippen LogP contribution in [0.4, 0.5) is 13.2 Å². The Bertz CT molecular complexity index is 1720. The predicted octanol–water partition coefficient (Wildman–Crippen LogP) is 6.67. The van der Waals surface area contributed by atoms with Gasteiger partial charge in [0.25, 0.3) is 0 Å². The first-order valence-corrected chi connectivity index (χ1v) is 13.6. The van der Waals surface area contributed by atoms with Crippen LogP contribution < -0.4 is 0 Å². The van der Waals surface area contributed by atoms with E-state index in [4.69, 9.17) is 0 Å². The lowest BCUT2D eigenvalue weighted by Gasteiger charge is -2.38. The summed E-state index contributed by atoms with van der Waals surface area (Å²) in [5.41, 5.74) is 2.62. The average Bonchev–Trinajstić information content (AvgIpc) is 3.42. The van der Waals surface area contributed by atoms with E-state index in [0.717, 1.165) is 39.9 Å². The van der Waals surface area contributed by atoms with Crippen molar-refractivity contribution in [1.82, 2.24) is 14.9 Å². The van der Waals surface area contributed by atoms with Gasteiger partial charge in [0.05, 0.1) is 23.3 Å². The number of alkyl halides is 3. The fraction of sp³-hybridized carbons (Fsp3) is 0.212. The molecule has 1 amide bonds. The Kier molecular flexibility index (Phi) is 6.98. The summed E-state index contributed by atoms with van der Waals surface area (Å²) in [5.74, 6) is 0.0226. The van der Waals surface area contributed by atoms with Crippen molar-refractivity contribution in [2.45, 2.75) is 31.0 Å². The Balaban J connectivity index is 1.12. The van der Waals surface area contributed by atoms with Gasteiger partial charge in [-0.3, -0.25) is 9.78 Å². The normalized spacial score (nSPS) is 15.2. The first-order chi connectivity index (χ1) is 20.1. The van der Waals surface area contributed by atoms with Gasteiger partial charge in [-0.1, -0.05) is 48.5 Å². The number of aromatic hydroxyl groups is 1. The molecule has 2 aromatic heterocycles. The van der Waals surface area contributed by atoms with Crippen molar-refractivity contribution in [2.75, 3.05) is 13.1 Å². The number of aliphatic hydroxyl groups is 1. The summed E-state index contributed by atoms with van der Waals surface area (Å²) in [6.45, 7) is 0.488. The van der Waals surface area contributed by atoms with Crippen LogP contribution in [0.3, 0.4) is 0 Å². The second-order valence-electron chi connectivity index (χ2n) is 10.7. The van der Waals surface area contributed by atoms with Crippen LogP contribution in [-0.2, 0) is 23.0 Å². The molecule has 3 aromatic carbocycles. The Morgan fingerprint density at radius 2 is 1.67 bits per heavy atom. The molecule has 42 heavy (non-hydrogen) atoms. The molecule has 9 heteroatoms. The number of piperidine rings is 1. The van der Waals surface area contributed by atoms with Crippen molar-refractivity contribution < 1.29 is 28.2 Å². The van der Waals surface area contributed by atoms with E-state index in [1.165, 1.54) is 12.1 Å². The molecule has 0 aliphatic carbocycles. The summed E-state index contributed by atoms with van der Waals surface area (Å²) < 4.78 is 39.5. The fourth-order valence-corrected chi connectivity index (χ4v) is 5.60. The highest BCUT2D eigenvalue weighted by molar-refractivity contribution is 5.89.